The van der Waals surface area contributed by atoms with Gasteiger partial charge in [0.15, 0.2) is 0 Å². The lowest BCUT2D eigenvalue weighted by molar-refractivity contribution is -0.136. The van der Waals surface area contributed by atoms with Gasteiger partial charge in [0.05, 0.1) is 0 Å². The topological polar surface area (TPSA) is 92.5 Å². The minimum atomic E-state index is -0.586. The van der Waals surface area contributed by atoms with Crippen LogP contribution < -0.4 is 11.1 Å². The van der Waals surface area contributed by atoms with Gasteiger partial charge in [0.25, 0.3) is 5.91 Å². The van der Waals surface area contributed by atoms with E-state index in [0.29, 0.717) is 24.2 Å². The van der Waals surface area contributed by atoms with Crippen LogP contribution in [0.4, 0.5) is 5.69 Å². The van der Waals surface area contributed by atoms with Gasteiger partial charge in [-0.2, -0.15) is 0 Å². The minimum Gasteiger partial charge on any atom is -0.398 e. The number of nitrogen functional groups attached to an aromatic ring is 1. The number of imide groups is 1. The Morgan fingerprint density at radius 3 is 2.46 bits per heavy atom. The average molecular weight is 331 g/mol. The van der Waals surface area contributed by atoms with Gasteiger partial charge in [-0.15, -0.1) is 0 Å². The molecule has 0 aliphatic carbocycles. The molecule has 3 N–H and O–H groups in total. The van der Waals surface area contributed by atoms with Crippen LogP contribution in [0.25, 0.3) is 0 Å². The summed E-state index contributed by atoms with van der Waals surface area (Å²) >= 11 is 0. The smallest absolute Gasteiger partial charge is 0.255 e. The Morgan fingerprint density at radius 2 is 1.92 bits per heavy atom. The first kappa shape index (κ1) is 18.0. The number of unbranched alkanes of at least 4 members (excludes halogenated alkanes) is 2. The Hall–Kier alpha value is -2.37. The summed E-state index contributed by atoms with van der Waals surface area (Å²) in [6.07, 6.45) is 4.70. The van der Waals surface area contributed by atoms with Crippen molar-refractivity contribution in [1.82, 2.24) is 10.2 Å². The molecule has 130 valence electrons. The average Bonchev–Trinajstić information content (AvgIpc) is 2.88. The number of piperidine rings is 1. The molecule has 6 heteroatoms. The SMILES string of the molecule is CCCCC.Nc1cccc2c1CN(C1CCC(=O)NC1=O)C2=O. The number of amides is 3. The van der Waals surface area contributed by atoms with Crippen molar-refractivity contribution in [2.45, 2.75) is 58.5 Å². The number of benzene rings is 1. The molecule has 1 unspecified atom stereocenters. The number of hydrogen-bond acceptors (Lipinski definition) is 4. The molecule has 0 saturated carbocycles. The van der Waals surface area contributed by atoms with Crippen LogP contribution in [0.15, 0.2) is 18.2 Å². The van der Waals surface area contributed by atoms with E-state index < -0.39 is 11.9 Å². The van der Waals surface area contributed by atoms with Crippen LogP contribution in [0.1, 0.15) is 61.9 Å². The maximum Gasteiger partial charge on any atom is 0.255 e. The maximum absolute atomic E-state index is 12.3. The molecule has 3 rings (SSSR count). The molecule has 0 bridgehead atoms. The largest absolute Gasteiger partial charge is 0.398 e. The van der Waals surface area contributed by atoms with Crippen molar-refractivity contribution < 1.29 is 14.4 Å². The number of nitrogens with one attached hydrogen (secondary N) is 1. The lowest BCUT2D eigenvalue weighted by atomic mass is 10.0. The van der Waals surface area contributed by atoms with Crippen molar-refractivity contribution in [3.8, 4) is 0 Å². The van der Waals surface area contributed by atoms with Crippen LogP contribution in [0.2, 0.25) is 0 Å². The van der Waals surface area contributed by atoms with Gasteiger partial charge in [0, 0.05) is 29.8 Å². The third-order valence-electron chi connectivity index (χ3n) is 4.33. The molecule has 24 heavy (non-hydrogen) atoms. The zero-order chi connectivity index (χ0) is 17.7. The molecule has 0 radical (unpaired) electrons. The molecule has 1 saturated heterocycles. The standard InChI is InChI=1S/C13H13N3O3.C5H12/c14-9-3-1-2-7-8(9)6-16(13(7)19)10-4-5-11(17)15-12(10)18;1-3-5-4-2/h1-3,10H,4-6,14H2,(H,15,17,18);3-5H2,1-2H3. The summed E-state index contributed by atoms with van der Waals surface area (Å²) in [5, 5.41) is 2.27. The zero-order valence-electron chi connectivity index (χ0n) is 14.3. The Kier molecular flexibility index (Phi) is 5.95. The Bertz CT molecular complexity index is 640. The van der Waals surface area contributed by atoms with E-state index in [1.807, 2.05) is 0 Å². The molecule has 1 atom stereocenters. The number of carbonyl (C=O) groups excluding carboxylic acids is 3. The van der Waals surface area contributed by atoms with Gasteiger partial charge in [-0.3, -0.25) is 19.7 Å². The molecule has 1 fully saturated rings. The lowest BCUT2D eigenvalue weighted by Crippen LogP contribution is -2.52. The van der Waals surface area contributed by atoms with Crippen molar-refractivity contribution >= 4 is 23.4 Å². The second-order valence-electron chi connectivity index (χ2n) is 6.13. The second kappa shape index (κ2) is 7.95. The van der Waals surface area contributed by atoms with E-state index in [4.69, 9.17) is 5.73 Å². The number of nitrogens with zero attached hydrogens (tertiary/aromatic N) is 1. The normalized spacial score (nSPS) is 19.5. The summed E-state index contributed by atoms with van der Waals surface area (Å²) in [7, 11) is 0. The number of nitrogens with two attached hydrogens (primary N) is 1. The summed E-state index contributed by atoms with van der Waals surface area (Å²) < 4.78 is 0. The van der Waals surface area contributed by atoms with Crippen molar-refractivity contribution in [3.63, 3.8) is 0 Å². The highest BCUT2D eigenvalue weighted by atomic mass is 16.2. The van der Waals surface area contributed by atoms with Gasteiger partial charge >= 0.3 is 0 Å². The molecule has 0 aromatic heterocycles. The molecular weight excluding hydrogens is 306 g/mol. The van der Waals surface area contributed by atoms with Gasteiger partial charge in [0.1, 0.15) is 6.04 Å². The highest BCUT2D eigenvalue weighted by molar-refractivity contribution is 6.06. The van der Waals surface area contributed by atoms with Crippen LogP contribution in [0, 0.1) is 0 Å². The molecule has 2 heterocycles. The third-order valence-corrected chi connectivity index (χ3v) is 4.33. The van der Waals surface area contributed by atoms with Crippen LogP contribution in [0.5, 0.6) is 0 Å². The molecule has 2 aliphatic heterocycles. The first-order valence-corrected chi connectivity index (χ1v) is 8.51. The Balaban J connectivity index is 0.000000368. The van der Waals surface area contributed by atoms with E-state index in [-0.39, 0.29) is 18.2 Å². The van der Waals surface area contributed by atoms with Crippen LogP contribution in [-0.2, 0) is 16.1 Å². The van der Waals surface area contributed by atoms with Crippen LogP contribution >= 0.6 is 0 Å². The van der Waals surface area contributed by atoms with Gasteiger partial charge in [-0.25, -0.2) is 0 Å². The first-order chi connectivity index (χ1) is 11.5. The molecule has 1 aromatic carbocycles. The molecule has 3 amide bonds. The molecule has 1 aromatic rings. The van der Waals surface area contributed by atoms with Crippen LogP contribution in [0.3, 0.4) is 0 Å². The summed E-state index contributed by atoms with van der Waals surface area (Å²) in [5.74, 6) is -0.891. The quantitative estimate of drug-likeness (QED) is 0.656. The van der Waals surface area contributed by atoms with Crippen LogP contribution in [-0.4, -0.2) is 28.7 Å². The fraction of sp³-hybridized carbons (Fsp3) is 0.500. The fourth-order valence-corrected chi connectivity index (χ4v) is 2.96. The second-order valence-corrected chi connectivity index (χ2v) is 6.13. The van der Waals surface area contributed by atoms with Crippen molar-refractivity contribution in [3.05, 3.63) is 29.3 Å². The molecule has 0 spiro atoms. The summed E-state index contributed by atoms with van der Waals surface area (Å²) in [5.41, 5.74) is 7.71. The van der Waals surface area contributed by atoms with E-state index >= 15 is 0 Å². The summed E-state index contributed by atoms with van der Waals surface area (Å²) in [4.78, 5) is 36.7. The highest BCUT2D eigenvalue weighted by Gasteiger charge is 2.39. The van der Waals surface area contributed by atoms with Gasteiger partial charge in [-0.1, -0.05) is 39.2 Å². The van der Waals surface area contributed by atoms with Crippen molar-refractivity contribution in [2.75, 3.05) is 5.73 Å². The maximum atomic E-state index is 12.3. The van der Waals surface area contributed by atoms with Gasteiger partial charge in [0.2, 0.25) is 11.8 Å². The number of rotatable bonds is 3. The Labute approximate surface area is 142 Å². The number of fused-ring (bicyclic) bond motifs is 1. The van der Waals surface area contributed by atoms with E-state index in [2.05, 4.69) is 19.2 Å². The lowest BCUT2D eigenvalue weighted by Gasteiger charge is -2.29. The molecule has 2 aliphatic rings. The fourth-order valence-electron chi connectivity index (χ4n) is 2.96. The molecular formula is C18H25N3O3. The summed E-state index contributed by atoms with van der Waals surface area (Å²) in [6, 6.07) is 4.58. The number of carbonyl (C=O) groups is 3. The first-order valence-electron chi connectivity index (χ1n) is 8.51. The monoisotopic (exact) mass is 331 g/mol. The van der Waals surface area contributed by atoms with Crippen molar-refractivity contribution in [1.29, 1.82) is 0 Å². The Morgan fingerprint density at radius 1 is 1.21 bits per heavy atom. The number of anilines is 1. The van der Waals surface area contributed by atoms with Crippen molar-refractivity contribution in [2.24, 2.45) is 0 Å². The van der Waals surface area contributed by atoms with E-state index in [0.717, 1.165) is 5.56 Å². The minimum absolute atomic E-state index is 0.197. The predicted molar refractivity (Wildman–Crippen MR) is 92.1 cm³/mol. The van der Waals surface area contributed by atoms with E-state index in [9.17, 15) is 14.4 Å². The molecule has 6 nitrogen and oxygen atoms in total. The van der Waals surface area contributed by atoms with E-state index in [1.165, 1.54) is 24.2 Å². The third kappa shape index (κ3) is 3.75. The zero-order valence-corrected chi connectivity index (χ0v) is 14.3. The summed E-state index contributed by atoms with van der Waals surface area (Å²) in [6.45, 7) is 4.75. The van der Waals surface area contributed by atoms with Gasteiger partial charge < -0.3 is 10.6 Å². The number of hydrogen-bond donors (Lipinski definition) is 2. The van der Waals surface area contributed by atoms with Gasteiger partial charge in [-0.05, 0) is 18.6 Å². The van der Waals surface area contributed by atoms with E-state index in [1.54, 1.807) is 18.2 Å². The highest BCUT2D eigenvalue weighted by Crippen LogP contribution is 2.30. The predicted octanol–water partition coefficient (Wildman–Crippen LogP) is 2.23.